The molecule has 1 rings (SSSR count). The quantitative estimate of drug-likeness (QED) is 0.688. The standard InChI is InChI=1S/C17H23NO4/c1-4-11-22-14-10-8-7-9-13(14)15(19)18-12-17(5-2,6-3)16(20)21/h4,7-10H,1,5-6,11-12H2,2-3H3,(H,18,19)(H,20,21). The van der Waals surface area contributed by atoms with E-state index in [1.807, 2.05) is 13.8 Å². The number of carboxylic acids is 1. The molecule has 0 bridgehead atoms. The molecule has 22 heavy (non-hydrogen) atoms. The first-order valence-electron chi connectivity index (χ1n) is 7.35. The topological polar surface area (TPSA) is 75.6 Å². The molecule has 0 fully saturated rings. The van der Waals surface area contributed by atoms with Crippen molar-refractivity contribution in [2.45, 2.75) is 26.7 Å². The van der Waals surface area contributed by atoms with Crippen LogP contribution in [0.5, 0.6) is 5.75 Å². The summed E-state index contributed by atoms with van der Waals surface area (Å²) in [7, 11) is 0. The molecule has 0 aliphatic rings. The van der Waals surface area contributed by atoms with Gasteiger partial charge in [-0.15, -0.1) is 0 Å². The molecule has 2 N–H and O–H groups in total. The Labute approximate surface area is 131 Å². The van der Waals surface area contributed by atoms with Gasteiger partial charge in [-0.25, -0.2) is 0 Å². The molecule has 0 aromatic heterocycles. The summed E-state index contributed by atoms with van der Waals surface area (Å²) in [5.74, 6) is -0.782. The van der Waals surface area contributed by atoms with Crippen molar-refractivity contribution in [2.75, 3.05) is 13.2 Å². The maximum atomic E-state index is 12.3. The normalized spacial score (nSPS) is 10.8. The number of para-hydroxylation sites is 1. The largest absolute Gasteiger partial charge is 0.489 e. The number of carbonyl (C=O) groups is 2. The van der Waals surface area contributed by atoms with Gasteiger partial charge >= 0.3 is 5.97 Å². The lowest BCUT2D eigenvalue weighted by Gasteiger charge is -2.27. The second-order valence-corrected chi connectivity index (χ2v) is 5.07. The minimum absolute atomic E-state index is 0.0873. The third-order valence-electron chi connectivity index (χ3n) is 3.88. The molecule has 5 nitrogen and oxygen atoms in total. The smallest absolute Gasteiger partial charge is 0.311 e. The zero-order valence-electron chi connectivity index (χ0n) is 13.1. The van der Waals surface area contributed by atoms with E-state index in [1.165, 1.54) is 0 Å². The lowest BCUT2D eigenvalue weighted by molar-refractivity contribution is -0.149. The van der Waals surface area contributed by atoms with E-state index in [0.717, 1.165) is 0 Å². The summed E-state index contributed by atoms with van der Waals surface area (Å²) in [6.07, 6.45) is 2.50. The highest BCUT2D eigenvalue weighted by atomic mass is 16.5. The molecule has 0 saturated heterocycles. The van der Waals surface area contributed by atoms with Gasteiger partial charge in [-0.1, -0.05) is 38.6 Å². The SMILES string of the molecule is C=CCOc1ccccc1C(=O)NCC(CC)(CC)C(=O)O. The minimum Gasteiger partial charge on any atom is -0.489 e. The Balaban J connectivity index is 2.85. The summed E-state index contributed by atoms with van der Waals surface area (Å²) in [6.45, 7) is 7.58. The van der Waals surface area contributed by atoms with Crippen molar-refractivity contribution in [1.29, 1.82) is 0 Å². The highest BCUT2D eigenvalue weighted by Crippen LogP contribution is 2.26. The lowest BCUT2D eigenvalue weighted by Crippen LogP contribution is -2.42. The fraction of sp³-hybridized carbons (Fsp3) is 0.412. The van der Waals surface area contributed by atoms with Gasteiger partial charge in [-0.05, 0) is 25.0 Å². The third-order valence-corrected chi connectivity index (χ3v) is 3.88. The zero-order chi connectivity index (χ0) is 16.6. The summed E-state index contributed by atoms with van der Waals surface area (Å²) in [5, 5.41) is 12.1. The minimum atomic E-state index is -0.938. The number of benzene rings is 1. The second kappa shape index (κ2) is 8.22. The Bertz CT molecular complexity index is 535. The number of carbonyl (C=O) groups excluding carboxylic acids is 1. The Morgan fingerprint density at radius 1 is 1.32 bits per heavy atom. The summed E-state index contributed by atoms with van der Waals surface area (Å²) in [4.78, 5) is 23.8. The van der Waals surface area contributed by atoms with Crippen molar-refractivity contribution in [3.8, 4) is 5.75 Å². The number of amides is 1. The molecule has 0 unspecified atom stereocenters. The molecule has 5 heteroatoms. The molecule has 0 saturated carbocycles. The first kappa shape index (κ1) is 17.8. The van der Waals surface area contributed by atoms with Crippen LogP contribution in [0.15, 0.2) is 36.9 Å². The number of ether oxygens (including phenoxy) is 1. The van der Waals surface area contributed by atoms with Gasteiger partial charge in [0.25, 0.3) is 5.91 Å². The molecule has 0 aliphatic heterocycles. The van der Waals surface area contributed by atoms with E-state index >= 15 is 0 Å². The van der Waals surface area contributed by atoms with Crippen molar-refractivity contribution in [2.24, 2.45) is 5.41 Å². The fourth-order valence-corrected chi connectivity index (χ4v) is 2.15. The molecule has 120 valence electrons. The van der Waals surface area contributed by atoms with Crippen LogP contribution < -0.4 is 10.1 Å². The van der Waals surface area contributed by atoms with Crippen molar-refractivity contribution in [3.05, 3.63) is 42.5 Å². The Hall–Kier alpha value is -2.30. The molecule has 0 aliphatic carbocycles. The molecule has 0 radical (unpaired) electrons. The number of nitrogens with one attached hydrogen (secondary N) is 1. The van der Waals surface area contributed by atoms with Crippen LogP contribution in [0.25, 0.3) is 0 Å². The molecule has 1 aromatic rings. The van der Waals surface area contributed by atoms with Crippen LogP contribution >= 0.6 is 0 Å². The van der Waals surface area contributed by atoms with Gasteiger partial charge in [0, 0.05) is 6.54 Å². The molecule has 0 atom stereocenters. The zero-order valence-corrected chi connectivity index (χ0v) is 13.1. The van der Waals surface area contributed by atoms with Crippen molar-refractivity contribution in [3.63, 3.8) is 0 Å². The molecule has 0 heterocycles. The number of aliphatic carboxylic acids is 1. The molecule has 1 amide bonds. The predicted octanol–water partition coefficient (Wildman–Crippen LogP) is 2.87. The third kappa shape index (κ3) is 4.10. The van der Waals surface area contributed by atoms with E-state index in [1.54, 1.807) is 30.3 Å². The Kier molecular flexibility index (Phi) is 6.63. The van der Waals surface area contributed by atoms with E-state index in [0.29, 0.717) is 30.8 Å². The van der Waals surface area contributed by atoms with Gasteiger partial charge in [0.05, 0.1) is 11.0 Å². The van der Waals surface area contributed by atoms with Crippen molar-refractivity contribution < 1.29 is 19.4 Å². The van der Waals surface area contributed by atoms with E-state index in [2.05, 4.69) is 11.9 Å². The first-order valence-corrected chi connectivity index (χ1v) is 7.35. The average Bonchev–Trinajstić information content (AvgIpc) is 2.54. The summed E-state index contributed by atoms with van der Waals surface area (Å²) < 4.78 is 5.44. The maximum absolute atomic E-state index is 12.3. The first-order chi connectivity index (χ1) is 10.5. The summed E-state index contributed by atoms with van der Waals surface area (Å²) >= 11 is 0. The van der Waals surface area contributed by atoms with Crippen LogP contribution in [0.1, 0.15) is 37.0 Å². The highest BCUT2D eigenvalue weighted by Gasteiger charge is 2.35. The number of carboxylic acid groups (broad SMARTS) is 1. The van der Waals surface area contributed by atoms with Crippen molar-refractivity contribution in [1.82, 2.24) is 5.32 Å². The number of rotatable bonds is 9. The van der Waals surface area contributed by atoms with Gasteiger partial charge in [0.1, 0.15) is 12.4 Å². The van der Waals surface area contributed by atoms with Crippen LogP contribution in [0, 0.1) is 5.41 Å². The fourth-order valence-electron chi connectivity index (χ4n) is 2.15. The average molecular weight is 305 g/mol. The van der Waals surface area contributed by atoms with Crippen molar-refractivity contribution >= 4 is 11.9 Å². The Morgan fingerprint density at radius 2 is 1.95 bits per heavy atom. The van der Waals surface area contributed by atoms with Crippen LogP contribution in [-0.2, 0) is 4.79 Å². The van der Waals surface area contributed by atoms with E-state index < -0.39 is 11.4 Å². The van der Waals surface area contributed by atoms with Gasteiger partial charge in [0.15, 0.2) is 0 Å². The van der Waals surface area contributed by atoms with Crippen LogP contribution in [-0.4, -0.2) is 30.1 Å². The monoisotopic (exact) mass is 305 g/mol. The van der Waals surface area contributed by atoms with Gasteiger partial charge in [-0.2, -0.15) is 0 Å². The van der Waals surface area contributed by atoms with Gasteiger partial charge in [-0.3, -0.25) is 9.59 Å². The highest BCUT2D eigenvalue weighted by molar-refractivity contribution is 5.97. The summed E-state index contributed by atoms with van der Waals surface area (Å²) in [6, 6.07) is 6.85. The Morgan fingerprint density at radius 3 is 2.50 bits per heavy atom. The van der Waals surface area contributed by atoms with Crippen LogP contribution in [0.4, 0.5) is 0 Å². The lowest BCUT2D eigenvalue weighted by atomic mass is 9.82. The van der Waals surface area contributed by atoms with Gasteiger partial charge in [0.2, 0.25) is 0 Å². The van der Waals surface area contributed by atoms with E-state index in [-0.39, 0.29) is 12.5 Å². The van der Waals surface area contributed by atoms with E-state index in [9.17, 15) is 14.7 Å². The van der Waals surface area contributed by atoms with Crippen LogP contribution in [0.3, 0.4) is 0 Å². The molecular weight excluding hydrogens is 282 g/mol. The number of hydrogen-bond donors (Lipinski definition) is 2. The predicted molar refractivity (Wildman–Crippen MR) is 85.1 cm³/mol. The van der Waals surface area contributed by atoms with Gasteiger partial charge < -0.3 is 15.2 Å². The molecule has 0 spiro atoms. The summed E-state index contributed by atoms with van der Waals surface area (Å²) in [5.41, 5.74) is -0.553. The maximum Gasteiger partial charge on any atom is 0.311 e. The molecular formula is C17H23NO4. The number of hydrogen-bond acceptors (Lipinski definition) is 3. The molecule has 1 aromatic carbocycles. The second-order valence-electron chi connectivity index (χ2n) is 5.07. The van der Waals surface area contributed by atoms with Crippen LogP contribution in [0.2, 0.25) is 0 Å². The van der Waals surface area contributed by atoms with E-state index in [4.69, 9.17) is 4.74 Å².